The van der Waals surface area contributed by atoms with Gasteiger partial charge < -0.3 is 9.84 Å². The molecule has 2 aromatic heterocycles. The third-order valence-corrected chi connectivity index (χ3v) is 5.44. The minimum Gasteiger partial charge on any atom is -0.505 e. The van der Waals surface area contributed by atoms with Gasteiger partial charge in [-0.25, -0.2) is 0 Å². The van der Waals surface area contributed by atoms with Crippen molar-refractivity contribution in [3.05, 3.63) is 66.7 Å². The van der Waals surface area contributed by atoms with E-state index in [9.17, 15) is 5.11 Å². The molecule has 0 saturated heterocycles. The van der Waals surface area contributed by atoms with Gasteiger partial charge in [0.05, 0.1) is 6.61 Å². The molecule has 0 radical (unpaired) electrons. The minimum absolute atomic E-state index is 0.112. The molecule has 176 valence electrons. The average Bonchev–Trinajstić information content (AvgIpc) is 3.51. The Balaban J connectivity index is 0.000000252. The number of nitrogens with one attached hydrogen (secondary N) is 1. The van der Waals surface area contributed by atoms with Crippen LogP contribution in [0.5, 0.6) is 11.5 Å². The molecule has 0 saturated carbocycles. The maximum absolute atomic E-state index is 10.3. The van der Waals surface area contributed by atoms with Gasteiger partial charge in [0.25, 0.3) is 0 Å². The van der Waals surface area contributed by atoms with Crippen molar-refractivity contribution in [1.29, 1.82) is 0 Å². The number of aromatic amines is 1. The predicted octanol–water partition coefficient (Wildman–Crippen LogP) is 5.82. The molecular formula is C26H30N6O2. The number of phenolic OH excluding ortho intramolecular Hbond substituents is 1. The summed E-state index contributed by atoms with van der Waals surface area (Å²) in [7, 11) is 0. The molecule has 3 aromatic carbocycles. The maximum atomic E-state index is 10.3. The van der Waals surface area contributed by atoms with Crippen LogP contribution < -0.4 is 4.74 Å². The number of H-pyrrole nitrogens is 1. The number of para-hydroxylation sites is 2. The Morgan fingerprint density at radius 3 is 1.97 bits per heavy atom. The zero-order valence-electron chi connectivity index (χ0n) is 19.4. The molecular weight excluding hydrogens is 428 g/mol. The molecule has 0 aliphatic rings. The summed E-state index contributed by atoms with van der Waals surface area (Å²) >= 11 is 0. The average molecular weight is 459 g/mol. The van der Waals surface area contributed by atoms with Crippen LogP contribution in [0.1, 0.15) is 45.4 Å². The van der Waals surface area contributed by atoms with Gasteiger partial charge in [0.2, 0.25) is 0 Å². The fraction of sp³-hybridized carbons (Fsp3) is 0.308. The Labute approximate surface area is 198 Å². The first-order valence-corrected chi connectivity index (χ1v) is 11.8. The van der Waals surface area contributed by atoms with Gasteiger partial charge in [-0.05, 0) is 42.8 Å². The third kappa shape index (κ3) is 6.10. The number of benzene rings is 3. The van der Waals surface area contributed by atoms with E-state index in [1.54, 1.807) is 12.1 Å². The van der Waals surface area contributed by atoms with E-state index >= 15 is 0 Å². The van der Waals surface area contributed by atoms with Crippen LogP contribution in [0.2, 0.25) is 0 Å². The highest BCUT2D eigenvalue weighted by molar-refractivity contribution is 5.74. The van der Waals surface area contributed by atoms with E-state index in [0.29, 0.717) is 18.0 Å². The van der Waals surface area contributed by atoms with Gasteiger partial charge in [-0.2, -0.15) is 15.4 Å². The zero-order chi connectivity index (χ0) is 23.6. The normalized spacial score (nSPS) is 10.9. The first kappa shape index (κ1) is 23.2. The van der Waals surface area contributed by atoms with Crippen molar-refractivity contribution in [2.75, 3.05) is 6.61 Å². The quantitative estimate of drug-likeness (QED) is 0.270. The summed E-state index contributed by atoms with van der Waals surface area (Å²) in [5, 5.41) is 29.4. The van der Waals surface area contributed by atoms with Crippen LogP contribution >= 0.6 is 0 Å². The number of aromatic hydroxyl groups is 1. The minimum atomic E-state index is 0.112. The summed E-state index contributed by atoms with van der Waals surface area (Å²) < 4.78 is 5.73. The second-order valence-electron chi connectivity index (χ2n) is 8.06. The van der Waals surface area contributed by atoms with E-state index in [4.69, 9.17) is 4.74 Å². The Morgan fingerprint density at radius 2 is 1.35 bits per heavy atom. The first-order chi connectivity index (χ1) is 16.7. The summed E-state index contributed by atoms with van der Waals surface area (Å²) in [5.41, 5.74) is 3.97. The Bertz CT molecular complexity index is 1250. The van der Waals surface area contributed by atoms with Crippen LogP contribution in [0.15, 0.2) is 66.7 Å². The molecule has 0 unspecified atom stereocenters. The predicted molar refractivity (Wildman–Crippen MR) is 133 cm³/mol. The molecule has 0 bridgehead atoms. The number of unbranched alkanes of at least 4 members (excludes halogenated alkanes) is 5. The summed E-state index contributed by atoms with van der Waals surface area (Å²) in [4.78, 5) is 1.46. The lowest BCUT2D eigenvalue weighted by atomic mass is 10.1. The van der Waals surface area contributed by atoms with E-state index in [1.165, 1.54) is 36.9 Å². The molecule has 8 heteroatoms. The van der Waals surface area contributed by atoms with Crippen LogP contribution in [0.25, 0.3) is 27.8 Å². The lowest BCUT2D eigenvalue weighted by Gasteiger charge is -2.08. The van der Waals surface area contributed by atoms with Gasteiger partial charge in [0, 0.05) is 6.07 Å². The van der Waals surface area contributed by atoms with Crippen LogP contribution in [0.3, 0.4) is 0 Å². The highest BCUT2D eigenvalue weighted by Gasteiger charge is 2.09. The van der Waals surface area contributed by atoms with E-state index in [2.05, 4.69) is 32.5 Å². The fourth-order valence-electron chi connectivity index (χ4n) is 3.59. The Hall–Kier alpha value is -3.94. The molecule has 34 heavy (non-hydrogen) atoms. The SMILES string of the molecule is CCCCCCCCOc1ccc(-n2nc3ccccc3n2)c(O)c1.c1ccc2n[nH]nc2c1. The van der Waals surface area contributed by atoms with Crippen molar-refractivity contribution < 1.29 is 9.84 Å². The highest BCUT2D eigenvalue weighted by atomic mass is 16.5. The van der Waals surface area contributed by atoms with Crippen LogP contribution in [-0.4, -0.2) is 42.1 Å². The number of rotatable bonds is 9. The molecule has 0 amide bonds. The van der Waals surface area contributed by atoms with E-state index in [1.807, 2.05) is 54.6 Å². The van der Waals surface area contributed by atoms with Gasteiger partial charge >= 0.3 is 0 Å². The van der Waals surface area contributed by atoms with E-state index < -0.39 is 0 Å². The van der Waals surface area contributed by atoms with Crippen molar-refractivity contribution in [2.45, 2.75) is 45.4 Å². The second-order valence-corrected chi connectivity index (χ2v) is 8.06. The molecule has 0 spiro atoms. The van der Waals surface area contributed by atoms with E-state index in [-0.39, 0.29) is 5.75 Å². The molecule has 0 aliphatic carbocycles. The van der Waals surface area contributed by atoms with Crippen LogP contribution in [-0.2, 0) is 0 Å². The summed E-state index contributed by atoms with van der Waals surface area (Å²) in [5.74, 6) is 0.785. The van der Waals surface area contributed by atoms with Gasteiger partial charge in [-0.15, -0.1) is 15.0 Å². The zero-order valence-corrected chi connectivity index (χ0v) is 19.4. The van der Waals surface area contributed by atoms with Gasteiger partial charge in [0.15, 0.2) is 0 Å². The number of hydrogen-bond donors (Lipinski definition) is 2. The number of aromatic nitrogens is 6. The molecule has 0 fully saturated rings. The fourth-order valence-corrected chi connectivity index (χ4v) is 3.59. The van der Waals surface area contributed by atoms with Crippen LogP contribution in [0.4, 0.5) is 0 Å². The number of fused-ring (bicyclic) bond motifs is 2. The summed E-state index contributed by atoms with van der Waals surface area (Å²) in [6.45, 7) is 2.90. The number of hydrogen-bond acceptors (Lipinski definition) is 6. The molecule has 5 rings (SSSR count). The molecule has 2 N–H and O–H groups in total. The van der Waals surface area contributed by atoms with Gasteiger partial charge in [-0.1, -0.05) is 63.3 Å². The lowest BCUT2D eigenvalue weighted by Crippen LogP contribution is -2.01. The third-order valence-electron chi connectivity index (χ3n) is 5.44. The largest absolute Gasteiger partial charge is 0.505 e. The monoisotopic (exact) mass is 458 g/mol. The molecule has 0 aliphatic heterocycles. The van der Waals surface area contributed by atoms with Crippen molar-refractivity contribution >= 4 is 22.1 Å². The number of nitrogens with zero attached hydrogens (tertiary/aromatic N) is 5. The first-order valence-electron chi connectivity index (χ1n) is 11.8. The van der Waals surface area contributed by atoms with E-state index in [0.717, 1.165) is 28.5 Å². The molecule has 0 atom stereocenters. The topological polar surface area (TPSA) is 102 Å². The maximum Gasteiger partial charge on any atom is 0.146 e. The highest BCUT2D eigenvalue weighted by Crippen LogP contribution is 2.27. The smallest absolute Gasteiger partial charge is 0.146 e. The van der Waals surface area contributed by atoms with Gasteiger partial charge in [0.1, 0.15) is 39.3 Å². The standard InChI is InChI=1S/C20H25N3O2.C6H5N3/c1-2-3-4-5-6-9-14-25-16-12-13-19(20(24)15-16)23-21-17-10-7-8-11-18(17)22-23;1-2-4-6-5(3-1)7-9-8-6/h7-8,10-13,15,24H,2-6,9,14H2,1H3;1-4H,(H,7,8,9). The van der Waals surface area contributed by atoms with Crippen molar-refractivity contribution in [3.8, 4) is 17.2 Å². The number of phenols is 1. The van der Waals surface area contributed by atoms with Crippen molar-refractivity contribution in [1.82, 2.24) is 30.4 Å². The van der Waals surface area contributed by atoms with Gasteiger partial charge in [-0.3, -0.25) is 0 Å². The Kier molecular flexibility index (Phi) is 8.05. The summed E-state index contributed by atoms with van der Waals surface area (Å²) in [6, 6.07) is 20.6. The molecule has 8 nitrogen and oxygen atoms in total. The Morgan fingerprint density at radius 1 is 0.765 bits per heavy atom. The van der Waals surface area contributed by atoms with Crippen molar-refractivity contribution in [3.63, 3.8) is 0 Å². The second kappa shape index (κ2) is 11.8. The molecule has 2 heterocycles. The lowest BCUT2D eigenvalue weighted by molar-refractivity contribution is 0.302. The molecule has 5 aromatic rings. The van der Waals surface area contributed by atoms with Crippen molar-refractivity contribution in [2.24, 2.45) is 0 Å². The van der Waals surface area contributed by atoms with Crippen LogP contribution in [0, 0.1) is 0 Å². The summed E-state index contributed by atoms with van der Waals surface area (Å²) in [6.07, 6.45) is 7.37. The number of ether oxygens (including phenoxy) is 1.